The molecule has 1 atom stereocenters. The Bertz CT molecular complexity index is 960. The number of aromatic nitrogens is 1. The van der Waals surface area contributed by atoms with E-state index in [2.05, 4.69) is 11.5 Å². The van der Waals surface area contributed by atoms with Gasteiger partial charge >= 0.3 is 5.97 Å². The van der Waals surface area contributed by atoms with Gasteiger partial charge in [-0.3, -0.25) is 14.4 Å². The SMILES string of the molecule is CCCn1c(C)cc(C(=O)COC(=O)[C@@H]2CC(=O)N(c3ccccc3CC)C2)c1C. The molecule has 1 amide bonds. The molecule has 0 unspecified atom stereocenters. The van der Waals surface area contributed by atoms with Crippen molar-refractivity contribution in [3.63, 3.8) is 0 Å². The average molecular weight is 411 g/mol. The molecular weight excluding hydrogens is 380 g/mol. The molecule has 0 aliphatic carbocycles. The van der Waals surface area contributed by atoms with E-state index < -0.39 is 11.9 Å². The van der Waals surface area contributed by atoms with Crippen LogP contribution in [0.2, 0.25) is 0 Å². The second-order valence-corrected chi connectivity index (χ2v) is 7.85. The summed E-state index contributed by atoms with van der Waals surface area (Å²) in [6, 6.07) is 9.57. The molecule has 6 nitrogen and oxygen atoms in total. The maximum atomic E-state index is 12.6. The van der Waals surface area contributed by atoms with E-state index in [9.17, 15) is 14.4 Å². The molecule has 1 aromatic heterocycles. The van der Waals surface area contributed by atoms with Crippen molar-refractivity contribution in [2.75, 3.05) is 18.1 Å². The molecule has 160 valence electrons. The van der Waals surface area contributed by atoms with E-state index in [-0.39, 0.29) is 31.3 Å². The van der Waals surface area contributed by atoms with Gasteiger partial charge in [-0.1, -0.05) is 32.0 Å². The van der Waals surface area contributed by atoms with E-state index in [1.807, 2.05) is 51.1 Å². The molecule has 6 heteroatoms. The lowest BCUT2D eigenvalue weighted by atomic mass is 10.1. The summed E-state index contributed by atoms with van der Waals surface area (Å²) in [6.07, 6.45) is 1.89. The van der Waals surface area contributed by atoms with Crippen molar-refractivity contribution < 1.29 is 19.1 Å². The minimum absolute atomic E-state index is 0.0905. The van der Waals surface area contributed by atoms with Crippen LogP contribution in [0.15, 0.2) is 30.3 Å². The standard InChI is InChI=1S/C24H30N2O4/c1-5-11-25-16(3)12-20(17(25)4)22(27)15-30-24(29)19-13-23(28)26(14-19)21-10-8-7-9-18(21)6-2/h7-10,12,19H,5-6,11,13-15H2,1-4H3/t19-/m1/s1. The number of nitrogens with zero attached hydrogens (tertiary/aromatic N) is 2. The van der Waals surface area contributed by atoms with E-state index in [1.165, 1.54) is 0 Å². The lowest BCUT2D eigenvalue weighted by Gasteiger charge is -2.19. The monoisotopic (exact) mass is 410 g/mol. The predicted molar refractivity (Wildman–Crippen MR) is 116 cm³/mol. The van der Waals surface area contributed by atoms with Gasteiger partial charge in [-0.2, -0.15) is 0 Å². The third kappa shape index (κ3) is 4.32. The molecule has 0 bridgehead atoms. The van der Waals surface area contributed by atoms with E-state index >= 15 is 0 Å². The Kier molecular flexibility index (Phi) is 6.75. The molecule has 2 heterocycles. The molecule has 1 fully saturated rings. The number of hydrogen-bond donors (Lipinski definition) is 0. The summed E-state index contributed by atoms with van der Waals surface area (Å²) in [7, 11) is 0. The maximum Gasteiger partial charge on any atom is 0.311 e. The van der Waals surface area contributed by atoms with Gasteiger partial charge in [0.05, 0.1) is 5.92 Å². The van der Waals surface area contributed by atoms with Gasteiger partial charge in [0.25, 0.3) is 0 Å². The van der Waals surface area contributed by atoms with Crippen LogP contribution in [0.5, 0.6) is 0 Å². The highest BCUT2D eigenvalue weighted by Gasteiger charge is 2.37. The first-order valence-corrected chi connectivity index (χ1v) is 10.6. The number of hydrogen-bond acceptors (Lipinski definition) is 4. The number of amides is 1. The van der Waals surface area contributed by atoms with Gasteiger partial charge in [0.15, 0.2) is 6.61 Å². The van der Waals surface area contributed by atoms with Crippen LogP contribution < -0.4 is 4.90 Å². The van der Waals surface area contributed by atoms with Gasteiger partial charge in [0.1, 0.15) is 0 Å². The number of Topliss-reactive ketones (excluding diaryl/α,β-unsaturated/α-hetero) is 1. The van der Waals surface area contributed by atoms with Crippen LogP contribution >= 0.6 is 0 Å². The third-order valence-corrected chi connectivity index (χ3v) is 5.79. The number of aryl methyl sites for hydroxylation is 2. The Balaban J connectivity index is 1.63. The van der Waals surface area contributed by atoms with Gasteiger partial charge in [-0.05, 0) is 44.4 Å². The minimum Gasteiger partial charge on any atom is -0.457 e. The van der Waals surface area contributed by atoms with Crippen molar-refractivity contribution in [2.45, 2.75) is 53.5 Å². The fourth-order valence-electron chi connectivity index (χ4n) is 4.15. The number of anilines is 1. The quantitative estimate of drug-likeness (QED) is 0.490. The minimum atomic E-state index is -0.553. The Labute approximate surface area is 177 Å². The van der Waals surface area contributed by atoms with Gasteiger partial charge in [-0.25, -0.2) is 0 Å². The molecule has 0 N–H and O–H groups in total. The first-order valence-electron chi connectivity index (χ1n) is 10.6. The number of carbonyl (C=O) groups is 3. The molecule has 2 aromatic rings. The molecule has 30 heavy (non-hydrogen) atoms. The van der Waals surface area contributed by atoms with Crippen molar-refractivity contribution in [1.82, 2.24) is 4.57 Å². The van der Waals surface area contributed by atoms with Crippen molar-refractivity contribution in [3.05, 3.63) is 52.8 Å². The number of benzene rings is 1. The van der Waals surface area contributed by atoms with Gasteiger partial charge < -0.3 is 14.2 Å². The fraction of sp³-hybridized carbons (Fsp3) is 0.458. The summed E-state index contributed by atoms with van der Waals surface area (Å²) in [5.74, 6) is -1.35. The topological polar surface area (TPSA) is 68.6 Å². The number of carbonyl (C=O) groups excluding carboxylic acids is 3. The normalized spacial score (nSPS) is 16.2. The number of para-hydroxylation sites is 1. The van der Waals surface area contributed by atoms with Crippen LogP contribution in [0.4, 0.5) is 5.69 Å². The predicted octanol–water partition coefficient (Wildman–Crippen LogP) is 3.86. The Morgan fingerprint density at radius 1 is 1.17 bits per heavy atom. The molecule has 1 saturated heterocycles. The Hall–Kier alpha value is -2.89. The molecule has 1 aromatic carbocycles. The summed E-state index contributed by atoms with van der Waals surface area (Å²) in [4.78, 5) is 39.3. The molecule has 1 aliphatic rings. The number of ether oxygens (including phenoxy) is 1. The van der Waals surface area contributed by atoms with Crippen molar-refractivity contribution in [2.24, 2.45) is 5.92 Å². The zero-order chi connectivity index (χ0) is 21.8. The van der Waals surface area contributed by atoms with Gasteiger partial charge in [0.2, 0.25) is 11.7 Å². The van der Waals surface area contributed by atoms with Crippen LogP contribution in [-0.4, -0.2) is 35.4 Å². The molecule has 1 aliphatic heterocycles. The van der Waals surface area contributed by atoms with Crippen molar-refractivity contribution >= 4 is 23.3 Å². The third-order valence-electron chi connectivity index (χ3n) is 5.79. The summed E-state index contributed by atoms with van der Waals surface area (Å²) in [5.41, 5.74) is 4.43. The van der Waals surface area contributed by atoms with Crippen LogP contribution in [0.1, 0.15) is 54.0 Å². The number of esters is 1. The highest BCUT2D eigenvalue weighted by Crippen LogP contribution is 2.29. The number of ketones is 1. The molecule has 0 spiro atoms. The largest absolute Gasteiger partial charge is 0.457 e. The second-order valence-electron chi connectivity index (χ2n) is 7.85. The molecule has 0 radical (unpaired) electrons. The van der Waals surface area contributed by atoms with Crippen LogP contribution in [-0.2, 0) is 27.3 Å². The van der Waals surface area contributed by atoms with E-state index in [0.29, 0.717) is 5.56 Å². The Morgan fingerprint density at radius 2 is 1.90 bits per heavy atom. The Morgan fingerprint density at radius 3 is 2.60 bits per heavy atom. The van der Waals surface area contributed by atoms with E-state index in [1.54, 1.807) is 4.90 Å². The lowest BCUT2D eigenvalue weighted by molar-refractivity contribution is -0.147. The summed E-state index contributed by atoms with van der Waals surface area (Å²) in [5, 5.41) is 0. The molecule has 0 saturated carbocycles. The van der Waals surface area contributed by atoms with Crippen molar-refractivity contribution in [3.8, 4) is 0 Å². The first-order chi connectivity index (χ1) is 14.4. The summed E-state index contributed by atoms with van der Waals surface area (Å²) < 4.78 is 7.42. The van der Waals surface area contributed by atoms with Crippen LogP contribution in [0.3, 0.4) is 0 Å². The highest BCUT2D eigenvalue weighted by atomic mass is 16.5. The van der Waals surface area contributed by atoms with Gasteiger partial charge in [0, 0.05) is 42.1 Å². The van der Waals surface area contributed by atoms with E-state index in [4.69, 9.17) is 4.74 Å². The molecule has 3 rings (SSSR count). The first kappa shape index (κ1) is 21.8. The summed E-state index contributed by atoms with van der Waals surface area (Å²) in [6.45, 7) is 8.85. The zero-order valence-corrected chi connectivity index (χ0v) is 18.2. The molecular formula is C24H30N2O4. The lowest BCUT2D eigenvalue weighted by Crippen LogP contribution is -2.28. The highest BCUT2D eigenvalue weighted by molar-refractivity contribution is 6.01. The van der Waals surface area contributed by atoms with E-state index in [0.717, 1.165) is 42.0 Å². The number of rotatable bonds is 8. The van der Waals surface area contributed by atoms with Crippen LogP contribution in [0.25, 0.3) is 0 Å². The van der Waals surface area contributed by atoms with Gasteiger partial charge in [-0.15, -0.1) is 0 Å². The maximum absolute atomic E-state index is 12.6. The average Bonchev–Trinajstić information content (AvgIpc) is 3.26. The fourth-order valence-corrected chi connectivity index (χ4v) is 4.15. The van der Waals surface area contributed by atoms with Crippen LogP contribution in [0, 0.1) is 19.8 Å². The zero-order valence-electron chi connectivity index (χ0n) is 18.2. The second kappa shape index (κ2) is 9.28. The van der Waals surface area contributed by atoms with Crippen molar-refractivity contribution in [1.29, 1.82) is 0 Å². The summed E-state index contributed by atoms with van der Waals surface area (Å²) >= 11 is 0. The smallest absolute Gasteiger partial charge is 0.311 e.